The molecule has 1 N–H and O–H groups in total. The molecular formula is C21H19N3O3S. The highest BCUT2D eigenvalue weighted by Gasteiger charge is 2.20. The van der Waals surface area contributed by atoms with E-state index in [0.29, 0.717) is 22.8 Å². The first-order valence-corrected chi connectivity index (χ1v) is 9.53. The van der Waals surface area contributed by atoms with Crippen LogP contribution in [-0.4, -0.2) is 23.1 Å². The van der Waals surface area contributed by atoms with Gasteiger partial charge >= 0.3 is 5.97 Å². The number of carbonyl (C=O) groups excluding carboxylic acids is 2. The fourth-order valence-corrected chi connectivity index (χ4v) is 3.48. The zero-order valence-electron chi connectivity index (χ0n) is 15.6. The van der Waals surface area contributed by atoms with Gasteiger partial charge in [0.1, 0.15) is 16.8 Å². The highest BCUT2D eigenvalue weighted by atomic mass is 32.1. The number of aromatic nitrogens is 1. The Kier molecular flexibility index (Phi) is 5.92. The third-order valence-corrected chi connectivity index (χ3v) is 5.29. The average molecular weight is 393 g/mol. The van der Waals surface area contributed by atoms with Crippen molar-refractivity contribution in [2.75, 3.05) is 11.9 Å². The average Bonchev–Trinajstić information content (AvgIpc) is 3.31. The molecule has 0 unspecified atom stereocenters. The summed E-state index contributed by atoms with van der Waals surface area (Å²) in [5.41, 5.74) is 3.16. The zero-order valence-corrected chi connectivity index (χ0v) is 16.4. The van der Waals surface area contributed by atoms with Gasteiger partial charge in [0.05, 0.1) is 5.56 Å². The largest absolute Gasteiger partial charge is 0.451 e. The quantitative estimate of drug-likeness (QED) is 0.644. The van der Waals surface area contributed by atoms with E-state index < -0.39 is 18.5 Å². The van der Waals surface area contributed by atoms with Crippen molar-refractivity contribution in [2.24, 2.45) is 0 Å². The second kappa shape index (κ2) is 8.55. The van der Waals surface area contributed by atoms with Crippen LogP contribution >= 0.6 is 11.3 Å². The first kappa shape index (κ1) is 19.4. The third kappa shape index (κ3) is 4.13. The van der Waals surface area contributed by atoms with Crippen molar-refractivity contribution in [3.8, 4) is 6.07 Å². The van der Waals surface area contributed by atoms with E-state index in [4.69, 9.17) is 4.74 Å². The van der Waals surface area contributed by atoms with Crippen LogP contribution in [0.1, 0.15) is 32.1 Å². The first-order valence-electron chi connectivity index (χ1n) is 8.65. The van der Waals surface area contributed by atoms with Crippen molar-refractivity contribution in [3.05, 3.63) is 75.1 Å². The van der Waals surface area contributed by atoms with E-state index in [1.807, 2.05) is 48.7 Å². The number of rotatable bonds is 6. The Morgan fingerprint density at radius 3 is 2.57 bits per heavy atom. The van der Waals surface area contributed by atoms with E-state index in [1.165, 1.54) is 11.3 Å². The number of hydrogen-bond donors (Lipinski definition) is 1. The van der Waals surface area contributed by atoms with Crippen LogP contribution < -0.4 is 5.32 Å². The lowest BCUT2D eigenvalue weighted by molar-refractivity contribution is -0.119. The van der Waals surface area contributed by atoms with Crippen molar-refractivity contribution in [1.82, 2.24) is 4.57 Å². The molecular weight excluding hydrogens is 374 g/mol. The number of nitrogens with one attached hydrogen (secondary N) is 1. The van der Waals surface area contributed by atoms with Gasteiger partial charge in [-0.1, -0.05) is 36.4 Å². The summed E-state index contributed by atoms with van der Waals surface area (Å²) in [6.07, 6.45) is 0. The summed E-state index contributed by atoms with van der Waals surface area (Å²) in [7, 11) is 0. The van der Waals surface area contributed by atoms with Gasteiger partial charge in [-0.3, -0.25) is 4.79 Å². The van der Waals surface area contributed by atoms with Crippen LogP contribution in [0.25, 0.3) is 0 Å². The minimum absolute atomic E-state index is 0.409. The van der Waals surface area contributed by atoms with Gasteiger partial charge in [0.2, 0.25) is 0 Å². The molecule has 7 heteroatoms. The van der Waals surface area contributed by atoms with Gasteiger partial charge < -0.3 is 14.6 Å². The van der Waals surface area contributed by atoms with E-state index in [-0.39, 0.29) is 0 Å². The Balaban J connectivity index is 1.78. The number of hydrogen-bond acceptors (Lipinski definition) is 5. The summed E-state index contributed by atoms with van der Waals surface area (Å²) in [4.78, 5) is 24.7. The standard InChI is InChI=1S/C21H19N3O3S/c1-14-15(2)24(12-16-7-4-3-5-8-16)20(17(14)11-22)23-19(25)13-27-21(26)18-9-6-10-28-18/h3-10H,12-13H2,1-2H3,(H,23,25). The third-order valence-electron chi connectivity index (χ3n) is 4.44. The van der Waals surface area contributed by atoms with Gasteiger partial charge in [-0.25, -0.2) is 4.79 Å². The van der Waals surface area contributed by atoms with Gasteiger partial charge in [-0.05, 0) is 36.4 Å². The maximum Gasteiger partial charge on any atom is 0.348 e. The zero-order chi connectivity index (χ0) is 20.1. The van der Waals surface area contributed by atoms with E-state index in [0.717, 1.165) is 16.8 Å². The summed E-state index contributed by atoms with van der Waals surface area (Å²) in [5.74, 6) is -0.621. The van der Waals surface area contributed by atoms with E-state index in [2.05, 4.69) is 11.4 Å². The Morgan fingerprint density at radius 2 is 1.93 bits per heavy atom. The molecule has 2 aromatic heterocycles. The van der Waals surface area contributed by atoms with Gasteiger partial charge in [-0.2, -0.15) is 5.26 Å². The smallest absolute Gasteiger partial charge is 0.348 e. The summed E-state index contributed by atoms with van der Waals surface area (Å²) >= 11 is 1.25. The number of benzene rings is 1. The van der Waals surface area contributed by atoms with Crippen LogP contribution in [0.5, 0.6) is 0 Å². The van der Waals surface area contributed by atoms with Crippen molar-refractivity contribution < 1.29 is 14.3 Å². The molecule has 0 saturated carbocycles. The Hall–Kier alpha value is -3.37. The van der Waals surface area contributed by atoms with E-state index >= 15 is 0 Å². The second-order valence-corrected chi connectivity index (χ2v) is 7.17. The number of carbonyl (C=O) groups is 2. The summed E-state index contributed by atoms with van der Waals surface area (Å²) in [5, 5.41) is 14.1. The van der Waals surface area contributed by atoms with Crippen molar-refractivity contribution in [3.63, 3.8) is 0 Å². The van der Waals surface area contributed by atoms with Crippen molar-refractivity contribution >= 4 is 29.0 Å². The second-order valence-electron chi connectivity index (χ2n) is 6.22. The molecule has 3 rings (SSSR count). The maximum atomic E-state index is 12.4. The normalized spacial score (nSPS) is 10.3. The SMILES string of the molecule is Cc1c(C#N)c(NC(=O)COC(=O)c2cccs2)n(Cc2ccccc2)c1C. The summed E-state index contributed by atoms with van der Waals surface area (Å²) in [6, 6.07) is 15.3. The maximum absolute atomic E-state index is 12.4. The topological polar surface area (TPSA) is 84.1 Å². The molecule has 0 saturated heterocycles. The van der Waals surface area contributed by atoms with E-state index in [1.54, 1.807) is 17.5 Å². The van der Waals surface area contributed by atoms with Crippen LogP contribution in [0.15, 0.2) is 47.8 Å². The molecule has 28 heavy (non-hydrogen) atoms. The lowest BCUT2D eigenvalue weighted by Gasteiger charge is -2.13. The number of anilines is 1. The Morgan fingerprint density at radius 1 is 1.18 bits per heavy atom. The van der Waals surface area contributed by atoms with Crippen LogP contribution in [0.3, 0.4) is 0 Å². The number of nitrogens with zero attached hydrogens (tertiary/aromatic N) is 2. The molecule has 0 spiro atoms. The minimum Gasteiger partial charge on any atom is -0.451 e. The molecule has 3 aromatic rings. The molecule has 1 amide bonds. The predicted octanol–water partition coefficient (Wildman–Crippen LogP) is 3.88. The monoisotopic (exact) mass is 393 g/mol. The number of ether oxygens (including phenoxy) is 1. The molecule has 142 valence electrons. The molecule has 0 radical (unpaired) electrons. The minimum atomic E-state index is -0.544. The number of nitriles is 1. The van der Waals surface area contributed by atoms with Crippen molar-refractivity contribution in [2.45, 2.75) is 20.4 Å². The molecule has 1 aromatic carbocycles. The van der Waals surface area contributed by atoms with Crippen LogP contribution in [0.2, 0.25) is 0 Å². The molecule has 0 aliphatic carbocycles. The van der Waals surface area contributed by atoms with Gasteiger partial charge in [-0.15, -0.1) is 11.3 Å². The van der Waals surface area contributed by atoms with Crippen LogP contribution in [0.4, 0.5) is 5.82 Å². The molecule has 0 aliphatic heterocycles. The lowest BCUT2D eigenvalue weighted by atomic mass is 10.2. The van der Waals surface area contributed by atoms with Crippen LogP contribution in [-0.2, 0) is 16.1 Å². The van der Waals surface area contributed by atoms with E-state index in [9.17, 15) is 14.9 Å². The number of esters is 1. The highest BCUT2D eigenvalue weighted by Crippen LogP contribution is 2.27. The molecule has 0 aliphatic rings. The van der Waals surface area contributed by atoms with Crippen molar-refractivity contribution in [1.29, 1.82) is 5.26 Å². The van der Waals surface area contributed by atoms with Gasteiger partial charge in [0.25, 0.3) is 5.91 Å². The van der Waals surface area contributed by atoms with Crippen LogP contribution in [0, 0.1) is 25.2 Å². The first-order chi connectivity index (χ1) is 13.5. The fraction of sp³-hybridized carbons (Fsp3) is 0.190. The number of amides is 1. The van der Waals surface area contributed by atoms with Gasteiger partial charge in [0, 0.05) is 12.2 Å². The molecule has 0 bridgehead atoms. The molecule has 0 atom stereocenters. The number of thiophene rings is 1. The summed E-state index contributed by atoms with van der Waals surface area (Å²) in [6.45, 7) is 3.85. The molecule has 2 heterocycles. The highest BCUT2D eigenvalue weighted by molar-refractivity contribution is 7.11. The fourth-order valence-electron chi connectivity index (χ4n) is 2.86. The Labute approximate surface area is 167 Å². The summed E-state index contributed by atoms with van der Waals surface area (Å²) < 4.78 is 6.95. The Bertz CT molecular complexity index is 1030. The van der Waals surface area contributed by atoms with Gasteiger partial charge in [0.15, 0.2) is 6.61 Å². The lowest BCUT2D eigenvalue weighted by Crippen LogP contribution is -2.23. The molecule has 6 nitrogen and oxygen atoms in total. The molecule has 0 fully saturated rings. The predicted molar refractivity (Wildman–Crippen MR) is 107 cm³/mol.